The van der Waals surface area contributed by atoms with Crippen molar-refractivity contribution in [3.63, 3.8) is 0 Å². The van der Waals surface area contributed by atoms with Crippen molar-refractivity contribution in [2.24, 2.45) is 0 Å². The van der Waals surface area contributed by atoms with Crippen LogP contribution in [-0.2, 0) is 17.9 Å². The van der Waals surface area contributed by atoms with Gasteiger partial charge >= 0.3 is 0 Å². The fourth-order valence-corrected chi connectivity index (χ4v) is 3.33. The summed E-state index contributed by atoms with van der Waals surface area (Å²) in [4.78, 5) is 14.4. The van der Waals surface area contributed by atoms with E-state index in [0.717, 1.165) is 17.5 Å². The summed E-state index contributed by atoms with van der Waals surface area (Å²) in [5.74, 6) is -0.585. The fourth-order valence-electron chi connectivity index (χ4n) is 3.21. The number of rotatable bonds is 6. The number of halogens is 2. The van der Waals surface area contributed by atoms with Crippen LogP contribution >= 0.6 is 11.6 Å². The molecule has 1 heterocycles. The first kappa shape index (κ1) is 18.8. The van der Waals surface area contributed by atoms with E-state index in [1.165, 1.54) is 12.1 Å². The second-order valence-electron chi connectivity index (χ2n) is 6.72. The van der Waals surface area contributed by atoms with E-state index in [0.29, 0.717) is 31.1 Å². The highest BCUT2D eigenvalue weighted by atomic mass is 35.5. The molecule has 0 aliphatic carbocycles. The molecule has 0 bridgehead atoms. The van der Waals surface area contributed by atoms with Gasteiger partial charge in [-0.15, -0.1) is 0 Å². The molecule has 0 saturated carbocycles. The third kappa shape index (κ3) is 4.61. The molecule has 1 saturated heterocycles. The minimum Gasteiger partial charge on any atom is -0.379 e. The number of piperidine rings is 1. The Morgan fingerprint density at radius 1 is 1.12 bits per heavy atom. The van der Waals surface area contributed by atoms with Gasteiger partial charge in [0.1, 0.15) is 5.82 Å². The maximum absolute atomic E-state index is 13.0. The first-order chi connectivity index (χ1) is 12.5. The van der Waals surface area contributed by atoms with E-state index in [1.807, 2.05) is 24.3 Å². The van der Waals surface area contributed by atoms with Gasteiger partial charge in [0.2, 0.25) is 0 Å². The number of hydrogen-bond acceptors (Lipinski definition) is 3. The Balaban J connectivity index is 1.58. The van der Waals surface area contributed by atoms with E-state index in [1.54, 1.807) is 17.0 Å². The molecule has 4 nitrogen and oxygen atoms in total. The first-order valence-corrected chi connectivity index (χ1v) is 9.05. The smallest absolute Gasteiger partial charge is 0.256 e. The van der Waals surface area contributed by atoms with E-state index in [4.69, 9.17) is 11.6 Å². The van der Waals surface area contributed by atoms with E-state index in [9.17, 15) is 14.3 Å². The molecule has 2 N–H and O–H groups in total. The number of amides is 1. The van der Waals surface area contributed by atoms with Gasteiger partial charge in [-0.1, -0.05) is 35.9 Å². The predicted octanol–water partition coefficient (Wildman–Crippen LogP) is 3.12. The SMILES string of the molecule is O=C1N(Cc2ccc(F)cc2)CCC[C@@]1(O)CNCc1ccc(Cl)cc1. The third-order valence-electron chi connectivity index (χ3n) is 4.65. The average molecular weight is 377 g/mol. The van der Waals surface area contributed by atoms with Gasteiger partial charge in [0.15, 0.2) is 5.60 Å². The van der Waals surface area contributed by atoms with Crippen molar-refractivity contribution in [3.8, 4) is 0 Å². The standard InChI is InChI=1S/C20H22ClFN2O2/c21-17-6-2-15(3-7-17)12-23-14-20(26)10-1-11-24(19(20)25)13-16-4-8-18(22)9-5-16/h2-9,23,26H,1,10-14H2/t20-/m1/s1. The molecule has 1 aliphatic rings. The number of nitrogens with zero attached hydrogens (tertiary/aromatic N) is 1. The van der Waals surface area contributed by atoms with Gasteiger partial charge in [-0.05, 0) is 48.2 Å². The van der Waals surface area contributed by atoms with Crippen molar-refractivity contribution in [1.82, 2.24) is 10.2 Å². The summed E-state index contributed by atoms with van der Waals surface area (Å²) in [5.41, 5.74) is 0.465. The molecular formula is C20H22ClFN2O2. The molecule has 0 unspecified atom stereocenters. The number of carbonyl (C=O) groups is 1. The maximum atomic E-state index is 13.0. The summed E-state index contributed by atoms with van der Waals surface area (Å²) in [7, 11) is 0. The zero-order valence-corrected chi connectivity index (χ0v) is 15.2. The van der Waals surface area contributed by atoms with Gasteiger partial charge in [0.05, 0.1) is 0 Å². The summed E-state index contributed by atoms with van der Waals surface area (Å²) in [6.45, 7) is 1.70. The Bertz CT molecular complexity index is 751. The summed E-state index contributed by atoms with van der Waals surface area (Å²) in [6.07, 6.45) is 1.16. The molecule has 1 atom stereocenters. The number of benzene rings is 2. The zero-order chi connectivity index (χ0) is 18.6. The van der Waals surface area contributed by atoms with Gasteiger partial charge in [0, 0.05) is 31.2 Å². The fraction of sp³-hybridized carbons (Fsp3) is 0.350. The van der Waals surface area contributed by atoms with Gasteiger partial charge in [0.25, 0.3) is 5.91 Å². The third-order valence-corrected chi connectivity index (χ3v) is 4.90. The predicted molar refractivity (Wildman–Crippen MR) is 99.2 cm³/mol. The Labute approximate surface area is 157 Å². The number of carbonyl (C=O) groups excluding carboxylic acids is 1. The largest absolute Gasteiger partial charge is 0.379 e. The summed E-state index contributed by atoms with van der Waals surface area (Å²) < 4.78 is 13.0. The number of nitrogens with one attached hydrogen (secondary N) is 1. The molecular weight excluding hydrogens is 355 g/mol. The molecule has 2 aromatic carbocycles. The lowest BCUT2D eigenvalue weighted by molar-refractivity contribution is -0.157. The van der Waals surface area contributed by atoms with Crippen molar-refractivity contribution >= 4 is 17.5 Å². The lowest BCUT2D eigenvalue weighted by Crippen LogP contribution is -2.57. The number of likely N-dealkylation sites (tertiary alicyclic amines) is 1. The lowest BCUT2D eigenvalue weighted by Gasteiger charge is -2.38. The Morgan fingerprint density at radius 3 is 2.46 bits per heavy atom. The van der Waals surface area contributed by atoms with Crippen LogP contribution in [0.3, 0.4) is 0 Å². The quantitative estimate of drug-likeness (QED) is 0.814. The Morgan fingerprint density at radius 2 is 1.77 bits per heavy atom. The van der Waals surface area contributed by atoms with Crippen molar-refractivity contribution in [3.05, 3.63) is 70.5 Å². The van der Waals surface area contributed by atoms with E-state index in [2.05, 4.69) is 5.32 Å². The van der Waals surface area contributed by atoms with Crippen molar-refractivity contribution in [1.29, 1.82) is 0 Å². The van der Waals surface area contributed by atoms with Crippen LogP contribution in [-0.4, -0.2) is 34.6 Å². The molecule has 0 radical (unpaired) electrons. The second kappa shape index (κ2) is 8.16. The van der Waals surface area contributed by atoms with Crippen LogP contribution in [0.2, 0.25) is 5.02 Å². The molecule has 0 spiro atoms. The van der Waals surface area contributed by atoms with Crippen molar-refractivity contribution < 1.29 is 14.3 Å². The molecule has 6 heteroatoms. The lowest BCUT2D eigenvalue weighted by atomic mass is 9.91. The molecule has 1 amide bonds. The van der Waals surface area contributed by atoms with Crippen LogP contribution in [0.1, 0.15) is 24.0 Å². The molecule has 3 rings (SSSR count). The van der Waals surface area contributed by atoms with Crippen molar-refractivity contribution in [2.45, 2.75) is 31.5 Å². The van der Waals surface area contributed by atoms with Crippen LogP contribution in [0, 0.1) is 5.82 Å². The molecule has 0 aromatic heterocycles. The topological polar surface area (TPSA) is 52.6 Å². The summed E-state index contributed by atoms with van der Waals surface area (Å²) in [5, 5.41) is 14.7. The minimum atomic E-state index is -1.41. The number of aliphatic hydroxyl groups is 1. The zero-order valence-electron chi connectivity index (χ0n) is 14.4. The van der Waals surface area contributed by atoms with E-state index < -0.39 is 5.60 Å². The van der Waals surface area contributed by atoms with E-state index >= 15 is 0 Å². The van der Waals surface area contributed by atoms with Crippen LogP contribution in [0.5, 0.6) is 0 Å². The maximum Gasteiger partial charge on any atom is 0.256 e. The Kier molecular flexibility index (Phi) is 5.91. The van der Waals surface area contributed by atoms with Gasteiger partial charge in [-0.2, -0.15) is 0 Å². The average Bonchev–Trinajstić information content (AvgIpc) is 2.63. The van der Waals surface area contributed by atoms with Crippen molar-refractivity contribution in [2.75, 3.05) is 13.1 Å². The van der Waals surface area contributed by atoms with Crippen LogP contribution in [0.25, 0.3) is 0 Å². The first-order valence-electron chi connectivity index (χ1n) is 8.68. The second-order valence-corrected chi connectivity index (χ2v) is 7.15. The highest BCUT2D eigenvalue weighted by Gasteiger charge is 2.41. The monoisotopic (exact) mass is 376 g/mol. The molecule has 2 aromatic rings. The van der Waals surface area contributed by atoms with Gasteiger partial charge in [-0.25, -0.2) is 4.39 Å². The molecule has 26 heavy (non-hydrogen) atoms. The highest BCUT2D eigenvalue weighted by molar-refractivity contribution is 6.30. The summed E-state index contributed by atoms with van der Waals surface area (Å²) >= 11 is 5.87. The van der Waals surface area contributed by atoms with Gasteiger partial charge in [-0.3, -0.25) is 4.79 Å². The number of hydrogen-bond donors (Lipinski definition) is 2. The van der Waals surface area contributed by atoms with Crippen LogP contribution < -0.4 is 5.32 Å². The van der Waals surface area contributed by atoms with Crippen LogP contribution in [0.15, 0.2) is 48.5 Å². The highest BCUT2D eigenvalue weighted by Crippen LogP contribution is 2.24. The van der Waals surface area contributed by atoms with E-state index in [-0.39, 0.29) is 18.3 Å². The molecule has 1 fully saturated rings. The molecule has 1 aliphatic heterocycles. The van der Waals surface area contributed by atoms with Crippen LogP contribution in [0.4, 0.5) is 4.39 Å². The minimum absolute atomic E-state index is 0.189. The summed E-state index contributed by atoms with van der Waals surface area (Å²) in [6, 6.07) is 13.5. The Hall–Kier alpha value is -1.95. The molecule has 138 valence electrons. The van der Waals surface area contributed by atoms with Gasteiger partial charge < -0.3 is 15.3 Å². The normalized spacial score (nSPS) is 20.4.